The van der Waals surface area contributed by atoms with Crippen LogP contribution in [0.4, 0.5) is 21.0 Å². The molecule has 2 aliphatic rings. The van der Waals surface area contributed by atoms with Gasteiger partial charge < -0.3 is 24.6 Å². The summed E-state index contributed by atoms with van der Waals surface area (Å²) in [5, 5.41) is 3.60. The molecule has 0 bridgehead atoms. The first-order chi connectivity index (χ1) is 28.1. The van der Waals surface area contributed by atoms with Crippen LogP contribution in [0.15, 0.2) is 97.1 Å². The lowest BCUT2D eigenvalue weighted by Crippen LogP contribution is -2.50. The van der Waals surface area contributed by atoms with Gasteiger partial charge in [-0.05, 0) is 72.5 Å². The number of rotatable bonds is 7. The van der Waals surface area contributed by atoms with Crippen LogP contribution in [-0.2, 0) is 41.0 Å². The molecule has 14 nitrogen and oxygen atoms in total. The van der Waals surface area contributed by atoms with Crippen molar-refractivity contribution in [1.29, 1.82) is 0 Å². The number of methoxy groups -OCH3 is 2. The molecule has 2 fully saturated rings. The Morgan fingerprint density at radius 3 is 1.53 bits per heavy atom. The average molecular weight is 914 g/mol. The molecule has 0 spiro atoms. The fourth-order valence-electron chi connectivity index (χ4n) is 5.91. The normalized spacial score (nSPS) is 15.2. The monoisotopic (exact) mass is 912 g/mol. The van der Waals surface area contributed by atoms with Gasteiger partial charge in [0, 0.05) is 42.9 Å². The highest BCUT2D eigenvalue weighted by atomic mass is 79.9. The molecule has 0 saturated carbocycles. The van der Waals surface area contributed by atoms with E-state index in [1.807, 2.05) is 74.5 Å². The number of hydrogen-bond acceptors (Lipinski definition) is 10. The second-order valence-corrected chi connectivity index (χ2v) is 18.9. The summed E-state index contributed by atoms with van der Waals surface area (Å²) in [6, 6.07) is 28.8. The molecule has 0 unspecified atom stereocenters. The Morgan fingerprint density at radius 2 is 1.07 bits per heavy atom. The van der Waals surface area contributed by atoms with Crippen LogP contribution in [0.3, 0.4) is 0 Å². The Balaban J connectivity index is 0.000000217. The van der Waals surface area contributed by atoms with E-state index >= 15 is 0 Å². The number of hydrogen-bond donors (Lipinski definition) is 1. The SMILES string of the molecule is COC(=O)c1ccc(CBr)cc1.COC(=O)c1ccc(CN(C(=O)N2CCS(=O)(=O)CC2)c2ccccc2C)cc1.Cc1ccccc1NC(=O)N1CCS(=O)(=O)CC1. The van der Waals surface area contributed by atoms with Crippen molar-refractivity contribution in [3.63, 3.8) is 0 Å². The number of aryl methyl sites for hydroxylation is 2. The van der Waals surface area contributed by atoms with E-state index in [2.05, 4.69) is 26.0 Å². The topological polar surface area (TPSA) is 177 Å². The zero-order valence-corrected chi connectivity index (χ0v) is 36.6. The van der Waals surface area contributed by atoms with Crippen LogP contribution < -0.4 is 10.2 Å². The number of carbonyl (C=O) groups excluding carboxylic acids is 4. The van der Waals surface area contributed by atoms with Gasteiger partial charge in [-0.2, -0.15) is 0 Å². The van der Waals surface area contributed by atoms with Crippen LogP contribution >= 0.6 is 15.9 Å². The molecule has 2 heterocycles. The maximum absolute atomic E-state index is 13.3. The maximum Gasteiger partial charge on any atom is 0.337 e. The van der Waals surface area contributed by atoms with Crippen molar-refractivity contribution in [2.75, 3.05) is 73.6 Å². The molecule has 316 valence electrons. The predicted octanol–water partition coefficient (Wildman–Crippen LogP) is 6.26. The first-order valence-electron chi connectivity index (χ1n) is 18.6. The van der Waals surface area contributed by atoms with Gasteiger partial charge in [-0.15, -0.1) is 0 Å². The molecule has 4 aromatic carbocycles. The number of halogens is 1. The molecule has 6 rings (SSSR count). The Morgan fingerprint density at radius 1 is 0.627 bits per heavy atom. The van der Waals surface area contributed by atoms with Gasteiger partial charge in [-0.25, -0.2) is 36.0 Å². The maximum atomic E-state index is 13.3. The predicted molar refractivity (Wildman–Crippen MR) is 232 cm³/mol. The Hall–Kier alpha value is -5.26. The molecule has 0 aliphatic carbocycles. The van der Waals surface area contributed by atoms with Crippen LogP contribution in [0.1, 0.15) is 43.0 Å². The molecule has 4 aromatic rings. The van der Waals surface area contributed by atoms with Crippen molar-refractivity contribution in [1.82, 2.24) is 9.80 Å². The number of nitrogens with zero attached hydrogens (tertiary/aromatic N) is 3. The highest BCUT2D eigenvalue weighted by molar-refractivity contribution is 9.08. The van der Waals surface area contributed by atoms with Crippen LogP contribution in [0.5, 0.6) is 0 Å². The quantitative estimate of drug-likeness (QED) is 0.164. The van der Waals surface area contributed by atoms with Crippen molar-refractivity contribution in [3.05, 3.63) is 130 Å². The van der Waals surface area contributed by atoms with E-state index in [0.717, 1.165) is 39.0 Å². The van der Waals surface area contributed by atoms with E-state index < -0.39 is 25.6 Å². The van der Waals surface area contributed by atoms with Gasteiger partial charge in [0.15, 0.2) is 19.7 Å². The third kappa shape index (κ3) is 13.9. The average Bonchev–Trinajstić information content (AvgIpc) is 3.24. The molecule has 2 saturated heterocycles. The van der Waals surface area contributed by atoms with Gasteiger partial charge in [0.05, 0.1) is 54.9 Å². The van der Waals surface area contributed by atoms with E-state index in [0.29, 0.717) is 17.7 Å². The molecule has 59 heavy (non-hydrogen) atoms. The molecule has 4 amide bonds. The summed E-state index contributed by atoms with van der Waals surface area (Å²) >= 11 is 3.32. The van der Waals surface area contributed by atoms with Crippen molar-refractivity contribution in [2.24, 2.45) is 0 Å². The number of esters is 2. The van der Waals surface area contributed by atoms with Gasteiger partial charge in [-0.3, -0.25) is 4.90 Å². The van der Waals surface area contributed by atoms with Gasteiger partial charge in [0.1, 0.15) is 0 Å². The molecule has 17 heteroatoms. The summed E-state index contributed by atoms with van der Waals surface area (Å²) in [5.74, 6) is -0.654. The molecule has 1 N–H and O–H groups in total. The zero-order chi connectivity index (χ0) is 43.2. The van der Waals surface area contributed by atoms with Gasteiger partial charge in [0.2, 0.25) is 0 Å². The summed E-state index contributed by atoms with van der Waals surface area (Å²) in [6.45, 7) is 5.04. The van der Waals surface area contributed by atoms with Crippen LogP contribution in [0.2, 0.25) is 0 Å². The van der Waals surface area contributed by atoms with Crippen LogP contribution in [-0.4, -0.2) is 114 Å². The standard InChI is InChI=1S/C21H24N2O5S.C12H16N2O3S.C9H9BrO2/c1-16-5-3-4-6-19(16)23(21(25)22-11-13-29(26,27)14-12-22)15-17-7-9-18(10-8-17)20(24)28-2;1-10-4-2-3-5-11(10)13-12(15)14-6-8-18(16,17)9-7-14;1-12-9(11)8-4-2-7(6-10)3-5-8/h3-10H,11-15H2,1-2H3;2-5H,6-9H2,1H3,(H,13,15);2-5H,6H2,1H3. The fraction of sp³-hybridized carbons (Fsp3) is 0.333. The van der Waals surface area contributed by atoms with Gasteiger partial charge in [0.25, 0.3) is 0 Å². The number of amides is 4. The first-order valence-corrected chi connectivity index (χ1v) is 23.4. The third-order valence-corrected chi connectivity index (χ3v) is 13.4. The Kier molecular flexibility index (Phi) is 17.0. The summed E-state index contributed by atoms with van der Waals surface area (Å²) < 4.78 is 55.3. The molecule has 2 aliphatic heterocycles. The smallest absolute Gasteiger partial charge is 0.337 e. The highest BCUT2D eigenvalue weighted by Crippen LogP contribution is 2.24. The number of anilines is 2. The first kappa shape index (κ1) is 46.4. The Bertz CT molecular complexity index is 2280. The third-order valence-electron chi connectivity index (χ3n) is 9.52. The lowest BCUT2D eigenvalue weighted by Gasteiger charge is -2.33. The van der Waals surface area contributed by atoms with E-state index in [1.54, 1.807) is 46.2 Å². The number of nitrogens with one attached hydrogen (secondary N) is 1. The summed E-state index contributed by atoms with van der Waals surface area (Å²) in [7, 11) is -3.33. The van der Waals surface area contributed by atoms with Crippen LogP contribution in [0.25, 0.3) is 0 Å². The molecule has 0 aromatic heterocycles. The lowest BCUT2D eigenvalue weighted by molar-refractivity contribution is 0.0592. The van der Waals surface area contributed by atoms with E-state index in [-0.39, 0.29) is 67.2 Å². The number of ether oxygens (including phenoxy) is 2. The Labute approximate surface area is 354 Å². The minimum atomic E-state index is -3.08. The van der Waals surface area contributed by atoms with E-state index in [4.69, 9.17) is 4.74 Å². The summed E-state index contributed by atoms with van der Waals surface area (Å²) in [5.41, 5.74) is 6.46. The molecular formula is C42H49BrN4O10S2. The molecular weight excluding hydrogens is 865 g/mol. The minimum Gasteiger partial charge on any atom is -0.465 e. The zero-order valence-electron chi connectivity index (χ0n) is 33.4. The number of para-hydroxylation sites is 2. The molecule has 0 radical (unpaired) electrons. The van der Waals surface area contributed by atoms with Crippen molar-refractivity contribution in [3.8, 4) is 0 Å². The number of sulfone groups is 2. The van der Waals surface area contributed by atoms with Gasteiger partial charge in [-0.1, -0.05) is 76.6 Å². The second-order valence-electron chi connectivity index (χ2n) is 13.7. The second kappa shape index (κ2) is 21.7. The number of urea groups is 2. The largest absolute Gasteiger partial charge is 0.465 e. The van der Waals surface area contributed by atoms with Crippen molar-refractivity contribution < 1.29 is 45.5 Å². The molecule has 0 atom stereocenters. The van der Waals surface area contributed by atoms with Crippen molar-refractivity contribution >= 4 is 71.0 Å². The van der Waals surface area contributed by atoms with E-state index in [1.165, 1.54) is 19.1 Å². The highest BCUT2D eigenvalue weighted by Gasteiger charge is 2.30. The number of carbonyl (C=O) groups is 4. The van der Waals surface area contributed by atoms with Crippen LogP contribution in [0, 0.1) is 13.8 Å². The lowest BCUT2D eigenvalue weighted by atomic mass is 10.1. The van der Waals surface area contributed by atoms with Crippen molar-refractivity contribution in [2.45, 2.75) is 25.7 Å². The van der Waals surface area contributed by atoms with Gasteiger partial charge >= 0.3 is 24.0 Å². The summed E-state index contributed by atoms with van der Waals surface area (Å²) in [6.07, 6.45) is 0. The minimum absolute atomic E-state index is 0.0197. The number of alkyl halides is 1. The fourth-order valence-corrected chi connectivity index (χ4v) is 8.69. The number of benzene rings is 4. The summed E-state index contributed by atoms with van der Waals surface area (Å²) in [4.78, 5) is 52.6. The van der Waals surface area contributed by atoms with E-state index in [9.17, 15) is 36.0 Å².